The van der Waals surface area contributed by atoms with E-state index in [1.54, 1.807) is 6.92 Å². The summed E-state index contributed by atoms with van der Waals surface area (Å²) < 4.78 is 0. The third-order valence-corrected chi connectivity index (χ3v) is 2.37. The van der Waals surface area contributed by atoms with Gasteiger partial charge in [0.15, 0.2) is 0 Å². The van der Waals surface area contributed by atoms with Crippen LogP contribution in [0.3, 0.4) is 0 Å². The van der Waals surface area contributed by atoms with Gasteiger partial charge in [0.25, 0.3) is 0 Å². The molecule has 0 heterocycles. The first kappa shape index (κ1) is 11.4. The number of carbonyl (C=O) groups is 1. The minimum absolute atomic E-state index is 0.179. The second-order valence-electron chi connectivity index (χ2n) is 3.31. The topological polar surface area (TPSA) is 17.1 Å². The van der Waals surface area contributed by atoms with Gasteiger partial charge >= 0.3 is 0 Å². The monoisotopic (exact) mass is 168 g/mol. The Balaban J connectivity index is 4.14. The van der Waals surface area contributed by atoms with Gasteiger partial charge in [0.1, 0.15) is 5.78 Å². The van der Waals surface area contributed by atoms with Crippen molar-refractivity contribution in [2.24, 2.45) is 11.8 Å². The molecule has 0 rings (SSSR count). The van der Waals surface area contributed by atoms with E-state index in [1.165, 1.54) is 0 Å². The van der Waals surface area contributed by atoms with E-state index in [2.05, 4.69) is 26.0 Å². The summed E-state index contributed by atoms with van der Waals surface area (Å²) in [6.07, 6.45) is 6.43. The third kappa shape index (κ3) is 3.70. The highest BCUT2D eigenvalue weighted by molar-refractivity contribution is 5.78. The van der Waals surface area contributed by atoms with Crippen molar-refractivity contribution in [3.8, 4) is 0 Å². The molecule has 1 heteroatoms. The number of carbonyl (C=O) groups excluding carboxylic acids is 1. The molecule has 0 aliphatic rings. The largest absolute Gasteiger partial charge is 0.300 e. The standard InChI is InChI=1S/C11H20O/c1-5-7-8-11(6-2)9(3)10(4)12/h7-9,11H,5-6H2,1-4H3/b8-7-. The first-order valence-electron chi connectivity index (χ1n) is 4.80. The Morgan fingerprint density at radius 1 is 1.42 bits per heavy atom. The molecule has 0 N–H and O–H groups in total. The molecule has 2 atom stereocenters. The zero-order valence-corrected chi connectivity index (χ0v) is 8.63. The molecule has 0 bridgehead atoms. The lowest BCUT2D eigenvalue weighted by Gasteiger charge is -2.15. The smallest absolute Gasteiger partial charge is 0.133 e. The molecule has 0 aromatic rings. The molecule has 0 aliphatic carbocycles. The predicted octanol–water partition coefficient (Wildman–Crippen LogP) is 3.20. The molecule has 0 saturated heterocycles. The van der Waals surface area contributed by atoms with Crippen LogP contribution in [0.25, 0.3) is 0 Å². The first-order chi connectivity index (χ1) is 5.63. The molecule has 0 aromatic carbocycles. The van der Waals surface area contributed by atoms with Gasteiger partial charge < -0.3 is 0 Å². The summed E-state index contributed by atoms with van der Waals surface area (Å²) in [5.74, 6) is 0.905. The van der Waals surface area contributed by atoms with Gasteiger partial charge in [-0.25, -0.2) is 0 Å². The molecule has 0 radical (unpaired) electrons. The average molecular weight is 168 g/mol. The highest BCUT2D eigenvalue weighted by atomic mass is 16.1. The van der Waals surface area contributed by atoms with Gasteiger partial charge in [-0.1, -0.05) is 32.9 Å². The van der Waals surface area contributed by atoms with Gasteiger partial charge in [0.05, 0.1) is 0 Å². The van der Waals surface area contributed by atoms with Crippen LogP contribution in [0.15, 0.2) is 12.2 Å². The minimum atomic E-state index is 0.179. The summed E-state index contributed by atoms with van der Waals surface area (Å²) in [6.45, 7) is 7.93. The second kappa shape index (κ2) is 5.99. The molecule has 0 fully saturated rings. The van der Waals surface area contributed by atoms with Gasteiger partial charge in [-0.15, -0.1) is 0 Å². The Bertz CT molecular complexity index is 158. The quantitative estimate of drug-likeness (QED) is 0.576. The van der Waals surface area contributed by atoms with Crippen LogP contribution in [0.4, 0.5) is 0 Å². The van der Waals surface area contributed by atoms with E-state index >= 15 is 0 Å². The lowest BCUT2D eigenvalue weighted by atomic mass is 9.88. The molecule has 0 amide bonds. The fourth-order valence-electron chi connectivity index (χ4n) is 1.27. The lowest BCUT2D eigenvalue weighted by Crippen LogP contribution is -2.16. The molecule has 0 aromatic heterocycles. The summed E-state index contributed by atoms with van der Waals surface area (Å²) in [5.41, 5.74) is 0. The van der Waals surface area contributed by atoms with Crippen LogP contribution < -0.4 is 0 Å². The van der Waals surface area contributed by atoms with Crippen LogP contribution in [0.1, 0.15) is 40.5 Å². The normalized spacial score (nSPS) is 16.3. The van der Waals surface area contributed by atoms with Crippen molar-refractivity contribution in [3.05, 3.63) is 12.2 Å². The van der Waals surface area contributed by atoms with Crippen molar-refractivity contribution < 1.29 is 4.79 Å². The Labute approximate surface area is 75.9 Å². The zero-order chi connectivity index (χ0) is 9.56. The van der Waals surface area contributed by atoms with Gasteiger partial charge in [0, 0.05) is 5.92 Å². The van der Waals surface area contributed by atoms with Crippen molar-refractivity contribution in [2.45, 2.75) is 40.5 Å². The molecular formula is C11H20O. The van der Waals surface area contributed by atoms with Gasteiger partial charge in [-0.2, -0.15) is 0 Å². The summed E-state index contributed by atoms with van der Waals surface area (Å²) in [5, 5.41) is 0. The molecule has 1 nitrogen and oxygen atoms in total. The molecule has 0 saturated carbocycles. The molecule has 2 unspecified atom stereocenters. The molecule has 0 aliphatic heterocycles. The van der Waals surface area contributed by atoms with E-state index in [1.807, 2.05) is 6.92 Å². The second-order valence-corrected chi connectivity index (χ2v) is 3.31. The van der Waals surface area contributed by atoms with Crippen LogP contribution in [-0.4, -0.2) is 5.78 Å². The van der Waals surface area contributed by atoms with Crippen LogP contribution in [0.2, 0.25) is 0 Å². The van der Waals surface area contributed by atoms with Crippen LogP contribution in [0.5, 0.6) is 0 Å². The molecule has 12 heavy (non-hydrogen) atoms. The highest BCUT2D eigenvalue weighted by Crippen LogP contribution is 2.17. The van der Waals surface area contributed by atoms with E-state index in [0.29, 0.717) is 11.7 Å². The third-order valence-electron chi connectivity index (χ3n) is 2.37. The van der Waals surface area contributed by atoms with Crippen LogP contribution >= 0.6 is 0 Å². The van der Waals surface area contributed by atoms with Crippen molar-refractivity contribution in [1.29, 1.82) is 0 Å². The highest BCUT2D eigenvalue weighted by Gasteiger charge is 2.15. The number of hydrogen-bond acceptors (Lipinski definition) is 1. The van der Waals surface area contributed by atoms with E-state index in [0.717, 1.165) is 12.8 Å². The predicted molar refractivity (Wildman–Crippen MR) is 53.1 cm³/mol. The number of rotatable bonds is 5. The van der Waals surface area contributed by atoms with E-state index in [4.69, 9.17) is 0 Å². The van der Waals surface area contributed by atoms with Gasteiger partial charge in [-0.05, 0) is 25.7 Å². The fourth-order valence-corrected chi connectivity index (χ4v) is 1.27. The summed E-state index contributed by atoms with van der Waals surface area (Å²) >= 11 is 0. The number of ketones is 1. The van der Waals surface area contributed by atoms with E-state index < -0.39 is 0 Å². The SMILES string of the molecule is CC/C=C\C(CC)C(C)C(C)=O. The summed E-state index contributed by atoms with van der Waals surface area (Å²) in [4.78, 5) is 11.1. The van der Waals surface area contributed by atoms with Crippen LogP contribution in [0, 0.1) is 11.8 Å². The Kier molecular flexibility index (Phi) is 5.69. The maximum atomic E-state index is 11.1. The number of hydrogen-bond donors (Lipinski definition) is 0. The zero-order valence-electron chi connectivity index (χ0n) is 8.63. The fraction of sp³-hybridized carbons (Fsp3) is 0.727. The minimum Gasteiger partial charge on any atom is -0.300 e. The Morgan fingerprint density at radius 3 is 2.33 bits per heavy atom. The average Bonchev–Trinajstić information content (AvgIpc) is 2.05. The summed E-state index contributed by atoms with van der Waals surface area (Å²) in [6, 6.07) is 0. The van der Waals surface area contributed by atoms with Gasteiger partial charge in [-0.3, -0.25) is 4.79 Å². The molecular weight excluding hydrogens is 148 g/mol. The van der Waals surface area contributed by atoms with Crippen molar-refractivity contribution in [1.82, 2.24) is 0 Å². The maximum Gasteiger partial charge on any atom is 0.133 e. The first-order valence-corrected chi connectivity index (χ1v) is 4.80. The van der Waals surface area contributed by atoms with E-state index in [9.17, 15) is 4.79 Å². The Morgan fingerprint density at radius 2 is 2.00 bits per heavy atom. The Hall–Kier alpha value is -0.590. The lowest BCUT2D eigenvalue weighted by molar-refractivity contribution is -0.121. The van der Waals surface area contributed by atoms with Crippen LogP contribution in [-0.2, 0) is 4.79 Å². The molecule has 0 spiro atoms. The van der Waals surface area contributed by atoms with Gasteiger partial charge in [0.2, 0.25) is 0 Å². The number of allylic oxidation sites excluding steroid dienone is 2. The van der Waals surface area contributed by atoms with Crippen molar-refractivity contribution in [3.63, 3.8) is 0 Å². The van der Waals surface area contributed by atoms with Crippen molar-refractivity contribution >= 4 is 5.78 Å². The van der Waals surface area contributed by atoms with E-state index in [-0.39, 0.29) is 5.92 Å². The number of Topliss-reactive ketones (excluding diaryl/α,β-unsaturated/α-hetero) is 1. The maximum absolute atomic E-state index is 11.1. The van der Waals surface area contributed by atoms with Crippen molar-refractivity contribution in [2.75, 3.05) is 0 Å². The summed E-state index contributed by atoms with van der Waals surface area (Å²) in [7, 11) is 0. The molecule has 70 valence electrons.